The third-order valence-corrected chi connectivity index (χ3v) is 4.68. The molecule has 1 saturated heterocycles. The first kappa shape index (κ1) is 23.3. The van der Waals surface area contributed by atoms with Gasteiger partial charge in [-0.15, -0.1) is 0 Å². The number of imidazole rings is 1. The second-order valence-electron chi connectivity index (χ2n) is 6.89. The highest BCUT2D eigenvalue weighted by Gasteiger charge is 2.19. The molecule has 0 saturated carbocycles. The summed E-state index contributed by atoms with van der Waals surface area (Å²) in [5.41, 5.74) is 5.95. The van der Waals surface area contributed by atoms with Crippen molar-refractivity contribution in [2.24, 2.45) is 0 Å². The molecule has 12 heteroatoms. The fourth-order valence-electron chi connectivity index (χ4n) is 3.34. The minimum atomic E-state index is -4.64. The lowest BCUT2D eigenvalue weighted by Gasteiger charge is -2.28. The minimum absolute atomic E-state index is 0.672. The van der Waals surface area contributed by atoms with Crippen molar-refractivity contribution in [1.29, 1.82) is 0 Å². The van der Waals surface area contributed by atoms with E-state index in [4.69, 9.17) is 33.7 Å². The van der Waals surface area contributed by atoms with Gasteiger partial charge in [-0.1, -0.05) is 0 Å². The summed E-state index contributed by atoms with van der Waals surface area (Å²) in [5.74, 6) is 0. The number of ether oxygens (including phenoxy) is 2. The lowest BCUT2D eigenvalue weighted by Crippen LogP contribution is -2.36. The number of methoxy groups -OCH3 is 1. The molecule has 0 aromatic carbocycles. The Morgan fingerprint density at radius 2 is 1.90 bits per heavy atom. The Kier molecular flexibility index (Phi) is 7.71. The summed E-state index contributed by atoms with van der Waals surface area (Å²) in [6, 6.07) is 6.15. The van der Waals surface area contributed by atoms with Gasteiger partial charge in [0.15, 0.2) is 5.65 Å². The molecule has 3 aromatic heterocycles. The topological polar surface area (TPSA) is 143 Å². The second-order valence-corrected chi connectivity index (χ2v) is 7.92. The summed E-state index contributed by atoms with van der Waals surface area (Å²) in [6.07, 6.45) is 4.54. The van der Waals surface area contributed by atoms with Gasteiger partial charge < -0.3 is 29.1 Å². The van der Waals surface area contributed by atoms with E-state index in [1.165, 1.54) is 0 Å². The Bertz CT molecular complexity index is 1040. The Balaban J connectivity index is 0.000000491. The molecule has 1 aliphatic heterocycles. The fraction of sp³-hybridized carbons (Fsp3) is 0.421. The normalized spacial score (nSPS) is 14.4. The minimum Gasteiger partial charge on any atom is -0.384 e. The molecule has 0 radical (unpaired) electrons. The average Bonchev–Trinajstić information content (AvgIpc) is 3.08. The predicted molar refractivity (Wildman–Crippen MR) is 114 cm³/mol. The van der Waals surface area contributed by atoms with Gasteiger partial charge in [-0.3, -0.25) is 4.98 Å². The van der Waals surface area contributed by atoms with Crippen LogP contribution in [0.4, 0.5) is 5.69 Å². The molecule has 0 spiro atoms. The molecule has 1 fully saturated rings. The van der Waals surface area contributed by atoms with Gasteiger partial charge in [0, 0.05) is 44.1 Å². The van der Waals surface area contributed by atoms with Crippen LogP contribution in [-0.4, -0.2) is 74.3 Å². The van der Waals surface area contributed by atoms with Crippen molar-refractivity contribution in [3.63, 3.8) is 0 Å². The Morgan fingerprint density at radius 3 is 2.52 bits per heavy atom. The zero-order chi connectivity index (χ0) is 22.4. The first-order valence-corrected chi connectivity index (χ1v) is 11.2. The maximum Gasteiger partial charge on any atom is 0.466 e. The quantitative estimate of drug-likeness (QED) is 0.484. The molecule has 1 aliphatic rings. The summed E-state index contributed by atoms with van der Waals surface area (Å²) in [4.78, 5) is 33.2. The number of morpholine rings is 1. The number of fused-ring (bicyclic) bond motifs is 1. The third-order valence-electron chi connectivity index (χ3n) is 4.68. The van der Waals surface area contributed by atoms with Gasteiger partial charge in [0.05, 0.1) is 43.1 Å². The van der Waals surface area contributed by atoms with Crippen LogP contribution in [0.5, 0.6) is 0 Å². The number of pyridine rings is 1. The van der Waals surface area contributed by atoms with Crippen LogP contribution >= 0.6 is 7.82 Å². The lowest BCUT2D eigenvalue weighted by molar-refractivity contribution is 0.123. The van der Waals surface area contributed by atoms with Crippen molar-refractivity contribution in [1.82, 2.24) is 19.6 Å². The first-order valence-electron chi connectivity index (χ1n) is 9.67. The highest BCUT2D eigenvalue weighted by Crippen LogP contribution is 2.29. The number of aromatic nitrogens is 4. The van der Waals surface area contributed by atoms with Crippen LogP contribution in [0.3, 0.4) is 0 Å². The van der Waals surface area contributed by atoms with Crippen LogP contribution in [0.25, 0.3) is 16.9 Å². The van der Waals surface area contributed by atoms with Crippen LogP contribution in [0.2, 0.25) is 0 Å². The molecule has 31 heavy (non-hydrogen) atoms. The fourth-order valence-corrected chi connectivity index (χ4v) is 3.34. The molecule has 0 unspecified atom stereocenters. The van der Waals surface area contributed by atoms with Gasteiger partial charge >= 0.3 is 7.82 Å². The number of aryl methyl sites for hydroxylation is 1. The number of anilines is 1. The summed E-state index contributed by atoms with van der Waals surface area (Å²) in [7, 11) is -2.94. The highest BCUT2D eigenvalue weighted by atomic mass is 31.2. The van der Waals surface area contributed by atoms with Crippen LogP contribution in [0, 0.1) is 6.92 Å². The number of nitrogens with zero attached hydrogens (tertiary/aromatic N) is 5. The van der Waals surface area contributed by atoms with Crippen LogP contribution in [0.15, 0.2) is 30.6 Å². The number of hydrogen-bond donors (Lipinski definition) is 3. The molecule has 4 heterocycles. The molecule has 168 valence electrons. The van der Waals surface area contributed by atoms with Gasteiger partial charge in [-0.2, -0.15) is 5.10 Å². The predicted octanol–water partition coefficient (Wildman–Crippen LogP) is 1.20. The van der Waals surface area contributed by atoms with Crippen LogP contribution in [0.1, 0.15) is 11.4 Å². The first-order chi connectivity index (χ1) is 14.8. The van der Waals surface area contributed by atoms with E-state index in [-0.39, 0.29) is 0 Å². The summed E-state index contributed by atoms with van der Waals surface area (Å²) < 4.78 is 21.4. The van der Waals surface area contributed by atoms with E-state index in [1.54, 1.807) is 7.11 Å². The third kappa shape index (κ3) is 6.30. The van der Waals surface area contributed by atoms with Crippen molar-refractivity contribution in [3.05, 3.63) is 42.0 Å². The molecule has 4 rings (SSSR count). The average molecular weight is 451 g/mol. The van der Waals surface area contributed by atoms with E-state index in [2.05, 4.69) is 21.0 Å². The Labute approximate surface area is 179 Å². The summed E-state index contributed by atoms with van der Waals surface area (Å²) >= 11 is 0. The lowest BCUT2D eigenvalue weighted by atomic mass is 10.1. The molecular weight excluding hydrogens is 425 g/mol. The van der Waals surface area contributed by atoms with E-state index in [0.29, 0.717) is 6.61 Å². The monoisotopic (exact) mass is 451 g/mol. The number of rotatable bonds is 5. The van der Waals surface area contributed by atoms with Gasteiger partial charge in [0.2, 0.25) is 0 Å². The van der Waals surface area contributed by atoms with E-state index >= 15 is 0 Å². The maximum atomic E-state index is 8.88. The van der Waals surface area contributed by atoms with E-state index in [1.807, 2.05) is 36.0 Å². The standard InChI is InChI=1S/C19H23N5O2.H3O4P/c1-14-18(15-3-4-16(20-13-15)6-10-25-2)24-19(22-14)17(5-7-21-24)23-8-11-26-12-9-23;1-5(2,3)4/h3-5,7,13H,6,8-12H2,1-2H3;(H3,1,2,3,4). The molecule has 0 amide bonds. The highest BCUT2D eigenvalue weighted by molar-refractivity contribution is 7.45. The van der Waals surface area contributed by atoms with Crippen molar-refractivity contribution in [3.8, 4) is 11.3 Å². The molecule has 11 nitrogen and oxygen atoms in total. The Hall–Kier alpha value is -2.40. The van der Waals surface area contributed by atoms with Crippen molar-refractivity contribution < 1.29 is 28.7 Å². The number of hydrogen-bond acceptors (Lipinski definition) is 7. The van der Waals surface area contributed by atoms with Gasteiger partial charge in [-0.25, -0.2) is 14.1 Å². The van der Waals surface area contributed by atoms with Gasteiger partial charge in [0.1, 0.15) is 0 Å². The van der Waals surface area contributed by atoms with E-state index < -0.39 is 7.82 Å². The largest absolute Gasteiger partial charge is 0.466 e. The Morgan fingerprint density at radius 1 is 1.19 bits per heavy atom. The number of phosphoric acid groups is 1. The van der Waals surface area contributed by atoms with E-state index in [0.717, 1.165) is 66.7 Å². The smallest absolute Gasteiger partial charge is 0.384 e. The zero-order valence-electron chi connectivity index (χ0n) is 17.4. The summed E-state index contributed by atoms with van der Waals surface area (Å²) in [6.45, 7) is 5.92. The maximum absolute atomic E-state index is 8.88. The van der Waals surface area contributed by atoms with Crippen LogP contribution in [-0.2, 0) is 20.5 Å². The molecule has 0 aliphatic carbocycles. The van der Waals surface area contributed by atoms with Crippen molar-refractivity contribution >= 4 is 19.2 Å². The molecule has 3 N–H and O–H groups in total. The van der Waals surface area contributed by atoms with Gasteiger partial charge in [0.25, 0.3) is 0 Å². The van der Waals surface area contributed by atoms with Crippen molar-refractivity contribution in [2.75, 3.05) is 44.9 Å². The molecule has 0 bridgehead atoms. The van der Waals surface area contributed by atoms with Gasteiger partial charge in [-0.05, 0) is 25.1 Å². The zero-order valence-corrected chi connectivity index (χ0v) is 18.3. The molecular formula is C19H26N5O6P. The van der Waals surface area contributed by atoms with Crippen molar-refractivity contribution in [2.45, 2.75) is 13.3 Å². The molecule has 3 aromatic rings. The molecule has 0 atom stereocenters. The van der Waals surface area contributed by atoms with Crippen LogP contribution < -0.4 is 4.90 Å². The summed E-state index contributed by atoms with van der Waals surface area (Å²) in [5, 5.41) is 4.55. The second kappa shape index (κ2) is 10.3. The van der Waals surface area contributed by atoms with E-state index in [9.17, 15) is 0 Å². The SMILES string of the molecule is COCCc1ccc(-c2c(C)nc3c(N4CCOCC4)ccnn23)cn1.O=P(O)(O)O.